The molecule has 0 aromatic heterocycles. The average molecular weight is 1660 g/mol. The first kappa shape index (κ1) is 112. The van der Waals surface area contributed by atoms with Crippen LogP contribution < -0.4 is 0 Å². The number of carbonyl (C=O) groups excluding carboxylic acids is 4. The second kappa shape index (κ2) is 88.8. The van der Waals surface area contributed by atoms with Gasteiger partial charge in [0.2, 0.25) is 0 Å². The summed E-state index contributed by atoms with van der Waals surface area (Å²) in [5, 5.41) is 10.7. The van der Waals surface area contributed by atoms with Gasteiger partial charge in [-0.3, -0.25) is 37.3 Å². The minimum Gasteiger partial charge on any atom is -0.462 e. The summed E-state index contributed by atoms with van der Waals surface area (Å²) in [6.45, 7) is 5.10. The summed E-state index contributed by atoms with van der Waals surface area (Å²) in [5.41, 5.74) is 0. The van der Waals surface area contributed by atoms with Crippen molar-refractivity contribution in [2.24, 2.45) is 0 Å². The van der Waals surface area contributed by atoms with Crippen molar-refractivity contribution in [1.82, 2.24) is 0 Å². The van der Waals surface area contributed by atoms with Gasteiger partial charge in [-0.05, 0) is 25.7 Å². The first-order chi connectivity index (χ1) is 55.7. The van der Waals surface area contributed by atoms with E-state index in [0.717, 1.165) is 89.9 Å². The molecule has 0 bridgehead atoms. The zero-order valence-corrected chi connectivity index (χ0v) is 76.9. The van der Waals surface area contributed by atoms with Crippen molar-refractivity contribution < 1.29 is 80.2 Å². The van der Waals surface area contributed by atoms with E-state index in [4.69, 9.17) is 37.0 Å². The van der Waals surface area contributed by atoms with Gasteiger partial charge in [-0.1, -0.05) is 477 Å². The summed E-state index contributed by atoms with van der Waals surface area (Å²) in [6.07, 6.45) is 87.8. The van der Waals surface area contributed by atoms with Gasteiger partial charge in [0.05, 0.1) is 26.4 Å². The molecule has 0 saturated heterocycles. The number of aliphatic hydroxyl groups excluding tert-OH is 1. The predicted octanol–water partition coefficient (Wildman–Crippen LogP) is 30.0. The molecule has 0 amide bonds. The highest BCUT2D eigenvalue weighted by Crippen LogP contribution is 2.45. The van der Waals surface area contributed by atoms with Crippen LogP contribution in [0.5, 0.6) is 0 Å². The molecule has 0 aliphatic rings. The van der Waals surface area contributed by atoms with Crippen LogP contribution >= 0.6 is 15.6 Å². The third-order valence-electron chi connectivity index (χ3n) is 22.6. The summed E-state index contributed by atoms with van der Waals surface area (Å²) in [7, 11) is -9.94. The Morgan fingerprint density at radius 3 is 0.518 bits per heavy atom. The van der Waals surface area contributed by atoms with Crippen molar-refractivity contribution >= 4 is 39.5 Å². The Kier molecular flexibility index (Phi) is 87.3. The molecule has 0 aliphatic carbocycles. The van der Waals surface area contributed by atoms with Crippen LogP contribution in [0.1, 0.15) is 529 Å². The van der Waals surface area contributed by atoms with Gasteiger partial charge in [0, 0.05) is 25.7 Å². The lowest BCUT2D eigenvalue weighted by Crippen LogP contribution is -2.30. The quantitative estimate of drug-likeness (QED) is 0.0222. The fraction of sp³-hybridized carbons (Fsp3) is 0.958. The van der Waals surface area contributed by atoms with Crippen LogP contribution in [0.15, 0.2) is 0 Å². The number of hydrogen-bond acceptors (Lipinski definition) is 15. The van der Waals surface area contributed by atoms with Gasteiger partial charge in [-0.15, -0.1) is 0 Å². The van der Waals surface area contributed by atoms with Crippen molar-refractivity contribution in [3.05, 3.63) is 0 Å². The molecule has 5 atom stereocenters. The van der Waals surface area contributed by atoms with Gasteiger partial charge in [0.25, 0.3) is 0 Å². The van der Waals surface area contributed by atoms with Gasteiger partial charge >= 0.3 is 39.5 Å². The third-order valence-corrected chi connectivity index (χ3v) is 24.5. The standard InChI is InChI=1S/C95H186O17P2/c1-5-9-13-17-21-25-29-32-35-38-41-44-47-50-53-56-60-64-68-72-76-80-93(98)106-86-91(112-95(100)82-78-74-70-66-62-58-55-52-49-46-43-40-37-34-31-27-23-19-15-11-7-3)88-110-114(103,104)108-84-89(96)83-107-113(101,102)109-87-90(85-105-92(97)79-75-71-67-63-59-28-24-20-16-12-8-4)111-94(99)81-77-73-69-65-61-57-54-51-48-45-42-39-36-33-30-26-22-18-14-10-6-2/h89-91,96H,5-88H2,1-4H3,(H,101,102)(H,103,104)/t89-,90+,91+/m0/s1. The highest BCUT2D eigenvalue weighted by Gasteiger charge is 2.31. The summed E-state index contributed by atoms with van der Waals surface area (Å²) < 4.78 is 69.2. The van der Waals surface area contributed by atoms with E-state index >= 15 is 0 Å². The maximum atomic E-state index is 13.2. The predicted molar refractivity (Wildman–Crippen MR) is 474 cm³/mol. The van der Waals surface area contributed by atoms with Gasteiger partial charge in [0.1, 0.15) is 19.3 Å². The van der Waals surface area contributed by atoms with Gasteiger partial charge in [-0.2, -0.15) is 0 Å². The number of phosphoric ester groups is 2. The smallest absolute Gasteiger partial charge is 0.462 e. The van der Waals surface area contributed by atoms with E-state index in [1.54, 1.807) is 0 Å². The van der Waals surface area contributed by atoms with E-state index in [9.17, 15) is 43.2 Å². The summed E-state index contributed by atoms with van der Waals surface area (Å²) in [4.78, 5) is 73.5. The normalized spacial score (nSPS) is 13.6. The fourth-order valence-corrected chi connectivity index (χ4v) is 16.7. The highest BCUT2D eigenvalue weighted by molar-refractivity contribution is 7.47. The van der Waals surface area contributed by atoms with E-state index in [1.165, 1.54) is 360 Å². The Morgan fingerprint density at radius 2 is 0.351 bits per heavy atom. The molecule has 0 aromatic carbocycles. The molecule has 3 N–H and O–H groups in total. The number of ether oxygens (including phenoxy) is 4. The molecule has 2 unspecified atom stereocenters. The topological polar surface area (TPSA) is 237 Å². The molecule has 0 heterocycles. The molecule has 0 aromatic rings. The summed E-state index contributed by atoms with van der Waals surface area (Å²) in [6, 6.07) is 0. The molecule has 17 nitrogen and oxygen atoms in total. The maximum Gasteiger partial charge on any atom is 0.472 e. The minimum absolute atomic E-state index is 0.110. The van der Waals surface area contributed by atoms with Crippen molar-refractivity contribution in [3.8, 4) is 0 Å². The highest BCUT2D eigenvalue weighted by atomic mass is 31.2. The number of hydrogen-bond donors (Lipinski definition) is 3. The van der Waals surface area contributed by atoms with E-state index in [2.05, 4.69) is 27.7 Å². The first-order valence-corrected chi connectivity index (χ1v) is 52.3. The molecule has 0 radical (unpaired) electrons. The van der Waals surface area contributed by atoms with E-state index in [1.807, 2.05) is 0 Å². The van der Waals surface area contributed by atoms with Crippen LogP contribution in [-0.4, -0.2) is 96.7 Å². The number of carbonyl (C=O) groups is 4. The van der Waals surface area contributed by atoms with Crippen molar-refractivity contribution in [3.63, 3.8) is 0 Å². The molecule has 0 rings (SSSR count). The fourth-order valence-electron chi connectivity index (χ4n) is 15.1. The average Bonchev–Trinajstić information content (AvgIpc) is 0.910. The Labute approximate surface area is 702 Å². The van der Waals surface area contributed by atoms with Crippen LogP contribution in [0.3, 0.4) is 0 Å². The second-order valence-electron chi connectivity index (χ2n) is 34.1. The van der Waals surface area contributed by atoms with Gasteiger partial charge < -0.3 is 33.8 Å². The number of phosphoric acid groups is 2. The molecule has 0 saturated carbocycles. The molecule has 678 valence electrons. The Hall–Kier alpha value is -1.94. The molecule has 0 fully saturated rings. The Morgan fingerprint density at radius 1 is 0.211 bits per heavy atom. The molecule has 114 heavy (non-hydrogen) atoms. The van der Waals surface area contributed by atoms with Crippen LogP contribution in [0.25, 0.3) is 0 Å². The molecule has 0 spiro atoms. The monoisotopic (exact) mass is 1660 g/mol. The number of esters is 4. The van der Waals surface area contributed by atoms with Crippen molar-refractivity contribution in [2.45, 2.75) is 547 Å². The van der Waals surface area contributed by atoms with E-state index in [-0.39, 0.29) is 25.7 Å². The lowest BCUT2D eigenvalue weighted by molar-refractivity contribution is -0.161. The number of unbranched alkanes of at least 4 members (excludes halogenated alkanes) is 70. The molecular weight excluding hydrogens is 1470 g/mol. The van der Waals surface area contributed by atoms with Crippen LogP contribution in [-0.2, 0) is 65.4 Å². The number of aliphatic hydroxyl groups is 1. The zero-order chi connectivity index (χ0) is 83.1. The van der Waals surface area contributed by atoms with Crippen molar-refractivity contribution in [2.75, 3.05) is 39.6 Å². The third kappa shape index (κ3) is 87.9. The lowest BCUT2D eigenvalue weighted by Gasteiger charge is -2.21. The van der Waals surface area contributed by atoms with Crippen molar-refractivity contribution in [1.29, 1.82) is 0 Å². The minimum atomic E-state index is -4.97. The SMILES string of the molecule is CCCCCCCCCCCCCCCCCCCCCCCC(=O)OC[C@H](COP(=O)(O)OC[C@@H](O)COP(=O)(O)OC[C@@H](COC(=O)CCCCCCCCCCCCC)OC(=O)CCCCCCCCCCCCCCCCCCCCCCC)OC(=O)CCCCCCCCCCCCCCCCCCCCCCC. The lowest BCUT2D eigenvalue weighted by atomic mass is 10.0. The largest absolute Gasteiger partial charge is 0.472 e. The van der Waals surface area contributed by atoms with Crippen LogP contribution in [0.4, 0.5) is 0 Å². The second-order valence-corrected chi connectivity index (χ2v) is 37.0. The zero-order valence-electron chi connectivity index (χ0n) is 75.1. The Bertz CT molecular complexity index is 2140. The summed E-state index contributed by atoms with van der Waals surface area (Å²) >= 11 is 0. The van der Waals surface area contributed by atoms with Gasteiger partial charge in [0.15, 0.2) is 12.2 Å². The molecule has 19 heteroatoms. The maximum absolute atomic E-state index is 13.2. The number of rotatable bonds is 96. The van der Waals surface area contributed by atoms with Crippen LogP contribution in [0, 0.1) is 0 Å². The van der Waals surface area contributed by atoms with Gasteiger partial charge in [-0.25, -0.2) is 9.13 Å². The first-order valence-electron chi connectivity index (χ1n) is 49.3. The summed E-state index contributed by atoms with van der Waals surface area (Å²) in [5.74, 6) is -2.09. The van der Waals surface area contributed by atoms with Crippen LogP contribution in [0.2, 0.25) is 0 Å². The molecular formula is C95H186O17P2. The molecule has 0 aliphatic heterocycles. The Balaban J connectivity index is 5.21. The van der Waals surface area contributed by atoms with E-state index < -0.39 is 97.5 Å². The van der Waals surface area contributed by atoms with E-state index in [0.29, 0.717) is 25.7 Å².